The predicted octanol–water partition coefficient (Wildman–Crippen LogP) is 4.62. The van der Waals surface area contributed by atoms with Crippen molar-refractivity contribution in [3.8, 4) is 17.2 Å². The molecule has 4 rings (SSSR count). The van der Waals surface area contributed by atoms with Crippen LogP contribution in [0.4, 0.5) is 4.39 Å². The van der Waals surface area contributed by atoms with Crippen LogP contribution in [0.2, 0.25) is 0 Å². The maximum Gasteiger partial charge on any atom is 0.261 e. The van der Waals surface area contributed by atoms with Crippen LogP contribution >= 0.6 is 0 Å². The van der Waals surface area contributed by atoms with Gasteiger partial charge in [-0.05, 0) is 54.8 Å². The highest BCUT2D eigenvalue weighted by molar-refractivity contribution is 5.78. The van der Waals surface area contributed by atoms with Gasteiger partial charge < -0.3 is 14.1 Å². The lowest BCUT2D eigenvalue weighted by Crippen LogP contribution is -2.43. The average Bonchev–Trinajstić information content (AvgIpc) is 3.33. The number of nitrogens with zero attached hydrogens (tertiary/aromatic N) is 3. The fourth-order valence-corrected chi connectivity index (χ4v) is 3.82. The van der Waals surface area contributed by atoms with Crippen LogP contribution in [-0.2, 0) is 11.3 Å². The Morgan fingerprint density at radius 1 is 1.07 bits per heavy atom. The van der Waals surface area contributed by atoms with Crippen molar-refractivity contribution in [2.24, 2.45) is 0 Å². The van der Waals surface area contributed by atoms with E-state index in [1.165, 1.54) is 24.9 Å². The molecule has 1 aliphatic rings. The van der Waals surface area contributed by atoms with Gasteiger partial charge in [0.15, 0.2) is 6.61 Å². The Hall–Kier alpha value is -3.22. The molecule has 0 atom stereocenters. The van der Waals surface area contributed by atoms with E-state index in [-0.39, 0.29) is 24.4 Å². The molecule has 1 heterocycles. The molecule has 0 aliphatic heterocycles. The molecular weight excluding hydrogens is 385 g/mol. The molecule has 1 saturated carbocycles. The van der Waals surface area contributed by atoms with Gasteiger partial charge in [0, 0.05) is 18.2 Å². The van der Waals surface area contributed by atoms with E-state index >= 15 is 0 Å². The zero-order valence-corrected chi connectivity index (χ0v) is 16.7. The van der Waals surface area contributed by atoms with Crippen LogP contribution in [0.3, 0.4) is 0 Å². The monoisotopic (exact) mass is 409 g/mol. The molecule has 0 N–H and O–H groups in total. The Labute approximate surface area is 174 Å². The van der Waals surface area contributed by atoms with Crippen LogP contribution in [-0.4, -0.2) is 33.7 Å². The van der Waals surface area contributed by atoms with Gasteiger partial charge in [0.2, 0.25) is 12.3 Å². The lowest BCUT2D eigenvalue weighted by atomic mass is 9.93. The standard InChI is InChI=1S/C23H24FN3O3/c24-19-10-6-17(7-11-19)14-27(20-4-2-1-3-5-20)22(28)15-29-21-12-8-18(9-13-21)23-26-25-16-30-23/h6-13,16,20H,1-5,14-15H2. The first-order valence-electron chi connectivity index (χ1n) is 10.2. The van der Waals surface area contributed by atoms with Crippen LogP contribution in [0.25, 0.3) is 11.5 Å². The molecule has 0 unspecified atom stereocenters. The van der Waals surface area contributed by atoms with Crippen molar-refractivity contribution in [3.63, 3.8) is 0 Å². The van der Waals surface area contributed by atoms with Crippen molar-refractivity contribution in [2.45, 2.75) is 44.7 Å². The van der Waals surface area contributed by atoms with Gasteiger partial charge in [-0.15, -0.1) is 10.2 Å². The Morgan fingerprint density at radius 2 is 1.80 bits per heavy atom. The van der Waals surface area contributed by atoms with E-state index in [2.05, 4.69) is 10.2 Å². The van der Waals surface area contributed by atoms with Gasteiger partial charge in [-0.1, -0.05) is 31.4 Å². The molecule has 2 aromatic carbocycles. The molecule has 0 bridgehead atoms. The first-order valence-corrected chi connectivity index (χ1v) is 10.2. The van der Waals surface area contributed by atoms with E-state index in [0.717, 1.165) is 36.8 Å². The summed E-state index contributed by atoms with van der Waals surface area (Å²) in [5.41, 5.74) is 1.70. The molecule has 156 valence electrons. The highest BCUT2D eigenvalue weighted by Crippen LogP contribution is 2.25. The molecule has 1 amide bonds. The Kier molecular flexibility index (Phi) is 6.37. The maximum absolute atomic E-state index is 13.3. The smallest absolute Gasteiger partial charge is 0.261 e. The second-order valence-electron chi connectivity index (χ2n) is 7.50. The van der Waals surface area contributed by atoms with E-state index in [0.29, 0.717) is 18.2 Å². The number of carbonyl (C=O) groups excluding carboxylic acids is 1. The van der Waals surface area contributed by atoms with E-state index in [1.807, 2.05) is 17.0 Å². The molecule has 1 aromatic heterocycles. The van der Waals surface area contributed by atoms with Crippen molar-refractivity contribution < 1.29 is 18.3 Å². The number of hydrogen-bond acceptors (Lipinski definition) is 5. The minimum atomic E-state index is -0.276. The van der Waals surface area contributed by atoms with Crippen LogP contribution in [0.15, 0.2) is 59.3 Å². The first-order chi connectivity index (χ1) is 14.7. The number of benzene rings is 2. The quantitative estimate of drug-likeness (QED) is 0.570. The van der Waals surface area contributed by atoms with Crippen LogP contribution in [0.5, 0.6) is 5.75 Å². The van der Waals surface area contributed by atoms with Crippen molar-refractivity contribution in [1.29, 1.82) is 0 Å². The molecular formula is C23H24FN3O3. The summed E-state index contributed by atoms with van der Waals surface area (Å²) in [4.78, 5) is 14.9. The summed E-state index contributed by atoms with van der Waals surface area (Å²) in [7, 11) is 0. The third-order valence-electron chi connectivity index (χ3n) is 5.43. The minimum absolute atomic E-state index is 0.0440. The zero-order valence-electron chi connectivity index (χ0n) is 16.7. The number of aromatic nitrogens is 2. The van der Waals surface area contributed by atoms with E-state index in [9.17, 15) is 9.18 Å². The summed E-state index contributed by atoms with van der Waals surface area (Å²) in [6.45, 7) is 0.417. The second-order valence-corrected chi connectivity index (χ2v) is 7.50. The molecule has 3 aromatic rings. The van der Waals surface area contributed by atoms with Crippen molar-refractivity contribution >= 4 is 5.91 Å². The van der Waals surface area contributed by atoms with Crippen LogP contribution < -0.4 is 4.74 Å². The van der Waals surface area contributed by atoms with Gasteiger partial charge in [-0.2, -0.15) is 0 Å². The molecule has 7 heteroatoms. The number of rotatable bonds is 7. The molecule has 1 fully saturated rings. The van der Waals surface area contributed by atoms with Gasteiger partial charge in [-0.3, -0.25) is 4.79 Å². The Balaban J connectivity index is 1.41. The minimum Gasteiger partial charge on any atom is -0.484 e. The number of carbonyl (C=O) groups is 1. The highest BCUT2D eigenvalue weighted by Gasteiger charge is 2.26. The van der Waals surface area contributed by atoms with Crippen LogP contribution in [0.1, 0.15) is 37.7 Å². The summed E-state index contributed by atoms with van der Waals surface area (Å²) in [6.07, 6.45) is 6.71. The molecule has 30 heavy (non-hydrogen) atoms. The third kappa shape index (κ3) is 5.03. The number of hydrogen-bond donors (Lipinski definition) is 0. The highest BCUT2D eigenvalue weighted by atomic mass is 19.1. The number of ether oxygens (including phenoxy) is 1. The van der Waals surface area contributed by atoms with Gasteiger partial charge >= 0.3 is 0 Å². The van der Waals surface area contributed by atoms with E-state index in [1.54, 1.807) is 24.3 Å². The summed E-state index contributed by atoms with van der Waals surface area (Å²) in [5.74, 6) is 0.686. The summed E-state index contributed by atoms with van der Waals surface area (Å²) >= 11 is 0. The fourth-order valence-electron chi connectivity index (χ4n) is 3.82. The molecule has 0 saturated heterocycles. The third-order valence-corrected chi connectivity index (χ3v) is 5.43. The number of halogens is 1. The van der Waals surface area contributed by atoms with Gasteiger partial charge in [0.05, 0.1) is 0 Å². The van der Waals surface area contributed by atoms with Crippen molar-refractivity contribution in [2.75, 3.05) is 6.61 Å². The lowest BCUT2D eigenvalue weighted by molar-refractivity contribution is -0.137. The molecule has 0 radical (unpaired) electrons. The van der Waals surface area contributed by atoms with Gasteiger partial charge in [-0.25, -0.2) is 4.39 Å². The summed E-state index contributed by atoms with van der Waals surface area (Å²) < 4.78 is 24.2. The zero-order chi connectivity index (χ0) is 20.8. The topological polar surface area (TPSA) is 68.5 Å². The molecule has 0 spiro atoms. The molecule has 6 nitrogen and oxygen atoms in total. The Morgan fingerprint density at radius 3 is 2.47 bits per heavy atom. The second kappa shape index (κ2) is 9.52. The van der Waals surface area contributed by atoms with Crippen LogP contribution in [0, 0.1) is 5.82 Å². The first kappa shape index (κ1) is 20.1. The predicted molar refractivity (Wildman–Crippen MR) is 109 cm³/mol. The van der Waals surface area contributed by atoms with Crippen molar-refractivity contribution in [3.05, 3.63) is 66.3 Å². The summed E-state index contributed by atoms with van der Waals surface area (Å²) in [6, 6.07) is 13.7. The van der Waals surface area contributed by atoms with Crippen molar-refractivity contribution in [1.82, 2.24) is 15.1 Å². The Bertz CT molecular complexity index is 937. The largest absolute Gasteiger partial charge is 0.484 e. The number of amides is 1. The SMILES string of the molecule is O=C(COc1ccc(-c2nnco2)cc1)N(Cc1ccc(F)cc1)C1CCCCC1. The average molecular weight is 409 g/mol. The molecule has 1 aliphatic carbocycles. The lowest BCUT2D eigenvalue weighted by Gasteiger charge is -2.34. The van der Waals surface area contributed by atoms with Gasteiger partial charge in [0.25, 0.3) is 5.91 Å². The normalized spacial score (nSPS) is 14.4. The summed E-state index contributed by atoms with van der Waals surface area (Å²) in [5, 5.41) is 7.53. The maximum atomic E-state index is 13.3. The van der Waals surface area contributed by atoms with E-state index in [4.69, 9.17) is 9.15 Å². The fraction of sp³-hybridized carbons (Fsp3) is 0.348. The van der Waals surface area contributed by atoms with E-state index < -0.39 is 0 Å². The van der Waals surface area contributed by atoms with Gasteiger partial charge in [0.1, 0.15) is 11.6 Å².